The lowest BCUT2D eigenvalue weighted by atomic mass is 10.1. The maximum atomic E-state index is 12.3. The predicted octanol–water partition coefficient (Wildman–Crippen LogP) is 0.551. The highest BCUT2D eigenvalue weighted by Gasteiger charge is 2.31. The Kier molecular flexibility index (Phi) is 4.67. The molecule has 1 aromatic carbocycles. The smallest absolute Gasteiger partial charge is 0.179 e. The first-order valence-corrected chi connectivity index (χ1v) is 8.83. The number of nitrogens with zero attached hydrogens (tertiary/aromatic N) is 1. The lowest BCUT2D eigenvalue weighted by Crippen LogP contribution is -2.32. The van der Waals surface area contributed by atoms with Crippen molar-refractivity contribution in [3.63, 3.8) is 0 Å². The van der Waals surface area contributed by atoms with Gasteiger partial charge in [-0.3, -0.25) is 4.90 Å². The molecule has 1 aliphatic heterocycles. The maximum Gasteiger partial charge on any atom is 0.179 e. The van der Waals surface area contributed by atoms with Gasteiger partial charge in [0.1, 0.15) is 4.99 Å². The lowest BCUT2D eigenvalue weighted by molar-refractivity contribution is 0.0696. The zero-order valence-electron chi connectivity index (χ0n) is 11.9. The van der Waals surface area contributed by atoms with E-state index in [1.54, 1.807) is 19.1 Å². The highest BCUT2D eigenvalue weighted by Crippen LogP contribution is 2.20. The monoisotopic (exact) mass is 328 g/mol. The normalized spacial score (nSPS) is 23.3. The SMILES string of the molecule is CC1(O)CCN(CCS(=O)(=O)c2ccc(C(N)=S)cc2)C1. The summed E-state index contributed by atoms with van der Waals surface area (Å²) in [7, 11) is -3.33. The maximum absolute atomic E-state index is 12.3. The van der Waals surface area contributed by atoms with Gasteiger partial charge in [-0.25, -0.2) is 8.42 Å². The van der Waals surface area contributed by atoms with E-state index in [1.807, 2.05) is 4.90 Å². The van der Waals surface area contributed by atoms with Crippen molar-refractivity contribution in [3.8, 4) is 0 Å². The first-order chi connectivity index (χ1) is 9.70. The van der Waals surface area contributed by atoms with Crippen LogP contribution in [-0.4, -0.2) is 54.4 Å². The van der Waals surface area contributed by atoms with Gasteiger partial charge in [-0.1, -0.05) is 24.4 Å². The molecule has 116 valence electrons. The molecule has 0 amide bonds. The molecule has 1 fully saturated rings. The molecule has 0 aliphatic carbocycles. The first-order valence-electron chi connectivity index (χ1n) is 6.77. The summed E-state index contributed by atoms with van der Waals surface area (Å²) in [6.45, 7) is 3.44. The number of thiocarbonyl (C=S) groups is 1. The summed E-state index contributed by atoms with van der Waals surface area (Å²) in [5.74, 6) is 0.0372. The summed E-state index contributed by atoms with van der Waals surface area (Å²) in [4.78, 5) is 2.49. The Labute approximate surface area is 130 Å². The fourth-order valence-corrected chi connectivity index (χ4v) is 3.84. The average Bonchev–Trinajstić information content (AvgIpc) is 2.76. The average molecular weight is 328 g/mol. The van der Waals surface area contributed by atoms with Crippen LogP contribution in [0, 0.1) is 0 Å². The van der Waals surface area contributed by atoms with Crippen molar-refractivity contribution in [2.75, 3.05) is 25.4 Å². The minimum atomic E-state index is -3.33. The van der Waals surface area contributed by atoms with Crippen LogP contribution in [0.3, 0.4) is 0 Å². The predicted molar refractivity (Wildman–Crippen MR) is 86.1 cm³/mol. The van der Waals surface area contributed by atoms with Crippen LogP contribution >= 0.6 is 12.2 Å². The lowest BCUT2D eigenvalue weighted by Gasteiger charge is -2.18. The summed E-state index contributed by atoms with van der Waals surface area (Å²) < 4.78 is 24.6. The number of likely N-dealkylation sites (tertiary alicyclic amines) is 1. The second kappa shape index (κ2) is 6.00. The minimum absolute atomic E-state index is 0.0372. The topological polar surface area (TPSA) is 83.6 Å². The molecule has 1 unspecified atom stereocenters. The molecule has 1 atom stereocenters. The minimum Gasteiger partial charge on any atom is -0.389 e. The Morgan fingerprint density at radius 2 is 2.05 bits per heavy atom. The van der Waals surface area contributed by atoms with Crippen molar-refractivity contribution in [2.24, 2.45) is 5.73 Å². The third-order valence-corrected chi connectivity index (χ3v) is 5.65. The Morgan fingerprint density at radius 3 is 2.52 bits per heavy atom. The molecular weight excluding hydrogens is 308 g/mol. The quantitative estimate of drug-likeness (QED) is 0.768. The molecule has 1 aliphatic rings. The van der Waals surface area contributed by atoms with E-state index in [4.69, 9.17) is 18.0 Å². The number of sulfone groups is 1. The highest BCUT2D eigenvalue weighted by atomic mass is 32.2. The molecule has 0 saturated carbocycles. The number of nitrogens with two attached hydrogens (primary N) is 1. The first kappa shape index (κ1) is 16.4. The second-order valence-corrected chi connectivity index (χ2v) is 8.28. The number of hydrogen-bond acceptors (Lipinski definition) is 5. The summed E-state index contributed by atoms with van der Waals surface area (Å²) in [6, 6.07) is 6.31. The van der Waals surface area contributed by atoms with E-state index in [-0.39, 0.29) is 15.6 Å². The molecule has 7 heteroatoms. The molecule has 0 radical (unpaired) electrons. The molecule has 5 nitrogen and oxygen atoms in total. The van der Waals surface area contributed by atoms with Gasteiger partial charge in [0.25, 0.3) is 0 Å². The third-order valence-electron chi connectivity index (χ3n) is 3.71. The van der Waals surface area contributed by atoms with E-state index < -0.39 is 15.4 Å². The van der Waals surface area contributed by atoms with Crippen LogP contribution in [0.5, 0.6) is 0 Å². The van der Waals surface area contributed by atoms with E-state index in [9.17, 15) is 13.5 Å². The number of rotatable bonds is 5. The van der Waals surface area contributed by atoms with Crippen LogP contribution < -0.4 is 5.73 Å². The van der Waals surface area contributed by atoms with Crippen LogP contribution in [0.4, 0.5) is 0 Å². The van der Waals surface area contributed by atoms with Crippen molar-refractivity contribution < 1.29 is 13.5 Å². The van der Waals surface area contributed by atoms with Gasteiger partial charge in [0.15, 0.2) is 9.84 Å². The van der Waals surface area contributed by atoms with Crippen molar-refractivity contribution in [3.05, 3.63) is 29.8 Å². The third kappa shape index (κ3) is 4.23. The number of benzene rings is 1. The number of hydrogen-bond donors (Lipinski definition) is 2. The molecule has 2 rings (SSSR count). The largest absolute Gasteiger partial charge is 0.389 e. The van der Waals surface area contributed by atoms with Crippen LogP contribution in [0.1, 0.15) is 18.9 Å². The zero-order valence-corrected chi connectivity index (χ0v) is 13.6. The van der Waals surface area contributed by atoms with Gasteiger partial charge in [0.2, 0.25) is 0 Å². The van der Waals surface area contributed by atoms with E-state index in [0.29, 0.717) is 25.1 Å². The van der Waals surface area contributed by atoms with Gasteiger partial charge in [-0.15, -0.1) is 0 Å². The Bertz CT molecular complexity index is 624. The Balaban J connectivity index is 2.00. The summed E-state index contributed by atoms with van der Waals surface area (Å²) in [5.41, 5.74) is 5.44. The Hall–Kier alpha value is -1.02. The van der Waals surface area contributed by atoms with E-state index >= 15 is 0 Å². The van der Waals surface area contributed by atoms with Crippen molar-refractivity contribution in [2.45, 2.75) is 23.8 Å². The van der Waals surface area contributed by atoms with Gasteiger partial charge in [0, 0.05) is 25.2 Å². The van der Waals surface area contributed by atoms with E-state index in [2.05, 4.69) is 0 Å². The van der Waals surface area contributed by atoms with Gasteiger partial charge >= 0.3 is 0 Å². The van der Waals surface area contributed by atoms with E-state index in [1.165, 1.54) is 12.1 Å². The molecule has 3 N–H and O–H groups in total. The number of aliphatic hydroxyl groups is 1. The second-order valence-electron chi connectivity index (χ2n) is 5.73. The van der Waals surface area contributed by atoms with Gasteiger partial charge in [-0.2, -0.15) is 0 Å². The summed E-state index contributed by atoms with van der Waals surface area (Å²) in [5, 5.41) is 9.88. The molecule has 1 saturated heterocycles. The number of β-amino-alcohol motifs (C(OH)–C–C–N with tert-alkyl or cyclic N) is 1. The molecule has 1 aromatic rings. The molecule has 0 bridgehead atoms. The van der Waals surface area contributed by atoms with Crippen LogP contribution in [0.25, 0.3) is 0 Å². The van der Waals surface area contributed by atoms with Crippen LogP contribution in [0.2, 0.25) is 0 Å². The van der Waals surface area contributed by atoms with E-state index in [0.717, 1.165) is 6.54 Å². The van der Waals surface area contributed by atoms with Crippen molar-refractivity contribution >= 4 is 27.0 Å². The molecular formula is C14H20N2O3S2. The fraction of sp³-hybridized carbons (Fsp3) is 0.500. The van der Waals surface area contributed by atoms with Crippen LogP contribution in [0.15, 0.2) is 29.2 Å². The van der Waals surface area contributed by atoms with Gasteiger partial charge < -0.3 is 10.8 Å². The zero-order chi connectivity index (χ0) is 15.7. The van der Waals surface area contributed by atoms with Crippen molar-refractivity contribution in [1.29, 1.82) is 0 Å². The van der Waals surface area contributed by atoms with Crippen LogP contribution in [-0.2, 0) is 9.84 Å². The molecule has 0 aromatic heterocycles. The fourth-order valence-electron chi connectivity index (χ4n) is 2.42. The summed E-state index contributed by atoms with van der Waals surface area (Å²) >= 11 is 4.84. The Morgan fingerprint density at radius 1 is 1.43 bits per heavy atom. The standard InChI is InChI=1S/C14H20N2O3S2/c1-14(17)6-7-16(10-14)8-9-21(18,19)12-4-2-11(3-5-12)13(15)20/h2-5,17H,6-10H2,1H3,(H2,15,20). The summed E-state index contributed by atoms with van der Waals surface area (Å²) in [6.07, 6.45) is 0.676. The highest BCUT2D eigenvalue weighted by molar-refractivity contribution is 7.91. The van der Waals surface area contributed by atoms with Gasteiger partial charge in [0.05, 0.1) is 16.2 Å². The molecule has 0 spiro atoms. The molecule has 1 heterocycles. The van der Waals surface area contributed by atoms with Crippen molar-refractivity contribution in [1.82, 2.24) is 4.90 Å². The van der Waals surface area contributed by atoms with Gasteiger partial charge in [-0.05, 0) is 25.5 Å². The molecule has 21 heavy (non-hydrogen) atoms.